The van der Waals surface area contributed by atoms with Gasteiger partial charge in [0, 0.05) is 11.1 Å². The average molecular weight is 384 g/mol. The number of hydrogen-bond donors (Lipinski definition) is 0. The number of ether oxygens (including phenoxy) is 4. The fraction of sp³-hybridized carbons (Fsp3) is 0.579. The first-order valence-corrected chi connectivity index (χ1v) is 8.70. The Balaban J connectivity index is 3.58. The average Bonchev–Trinajstić information content (AvgIpc) is 2.60. The van der Waals surface area contributed by atoms with Gasteiger partial charge in [-0.2, -0.15) is 0 Å². The highest BCUT2D eigenvalue weighted by atomic mass is 16.6. The van der Waals surface area contributed by atoms with Crippen LogP contribution in [0, 0.1) is 0 Å². The smallest absolute Gasteiger partial charge is 0.333 e. The second-order valence-electron chi connectivity index (χ2n) is 5.86. The maximum absolute atomic E-state index is 11.5. The summed E-state index contributed by atoms with van der Waals surface area (Å²) >= 11 is 0. The molecular formula is C19H28O8. The molecule has 0 aliphatic rings. The fourth-order valence-corrected chi connectivity index (χ4v) is 1.58. The van der Waals surface area contributed by atoms with Gasteiger partial charge in [-0.15, -0.1) is 0 Å². The highest BCUT2D eigenvalue weighted by molar-refractivity contribution is 5.91. The van der Waals surface area contributed by atoms with E-state index in [-0.39, 0.29) is 26.4 Å². The van der Waals surface area contributed by atoms with E-state index in [1.54, 1.807) is 13.8 Å². The van der Waals surface area contributed by atoms with Crippen molar-refractivity contribution in [3.05, 3.63) is 24.3 Å². The van der Waals surface area contributed by atoms with E-state index in [1.807, 2.05) is 0 Å². The van der Waals surface area contributed by atoms with Gasteiger partial charge in [-0.1, -0.05) is 13.2 Å². The second kappa shape index (κ2) is 14.5. The first-order valence-electron chi connectivity index (χ1n) is 8.70. The quantitative estimate of drug-likeness (QED) is 0.148. The molecule has 0 aromatic rings. The lowest BCUT2D eigenvalue weighted by Crippen LogP contribution is -2.15. The van der Waals surface area contributed by atoms with Crippen molar-refractivity contribution >= 4 is 23.9 Å². The molecule has 0 rings (SSSR count). The zero-order chi connectivity index (χ0) is 20.7. The molecule has 0 aliphatic carbocycles. The molecule has 0 aromatic heterocycles. The number of unbranched alkanes of at least 4 members (excludes halogenated alkanes) is 2. The summed E-state index contributed by atoms with van der Waals surface area (Å²) in [6.45, 7) is 10.7. The molecular weight excluding hydrogens is 356 g/mol. The van der Waals surface area contributed by atoms with Crippen molar-refractivity contribution < 1.29 is 38.1 Å². The van der Waals surface area contributed by atoms with E-state index in [2.05, 4.69) is 13.2 Å². The third-order valence-electron chi connectivity index (χ3n) is 3.06. The molecule has 0 bridgehead atoms. The van der Waals surface area contributed by atoms with Crippen molar-refractivity contribution in [2.24, 2.45) is 0 Å². The lowest BCUT2D eigenvalue weighted by atomic mass is 10.3. The maximum Gasteiger partial charge on any atom is 0.333 e. The highest BCUT2D eigenvalue weighted by Crippen LogP contribution is 2.00. The van der Waals surface area contributed by atoms with Crippen LogP contribution in [0.25, 0.3) is 0 Å². The third kappa shape index (κ3) is 14.2. The van der Waals surface area contributed by atoms with E-state index < -0.39 is 30.3 Å². The summed E-state index contributed by atoms with van der Waals surface area (Å²) in [6.07, 6.45) is 1.62. The van der Waals surface area contributed by atoms with E-state index in [9.17, 15) is 19.2 Å². The molecule has 8 heteroatoms. The Morgan fingerprint density at radius 2 is 0.889 bits per heavy atom. The Morgan fingerprint density at radius 1 is 0.593 bits per heavy atom. The maximum atomic E-state index is 11.5. The van der Waals surface area contributed by atoms with Gasteiger partial charge < -0.3 is 18.9 Å². The van der Waals surface area contributed by atoms with Gasteiger partial charge in [0.1, 0.15) is 6.42 Å². The Kier molecular flexibility index (Phi) is 13.1. The molecule has 0 atom stereocenters. The van der Waals surface area contributed by atoms with Gasteiger partial charge in [0.2, 0.25) is 0 Å². The number of esters is 4. The van der Waals surface area contributed by atoms with Gasteiger partial charge in [0.05, 0.1) is 26.4 Å². The van der Waals surface area contributed by atoms with Crippen LogP contribution in [-0.2, 0) is 38.1 Å². The Bertz CT molecular complexity index is 502. The summed E-state index contributed by atoms with van der Waals surface area (Å²) < 4.78 is 19.6. The van der Waals surface area contributed by atoms with E-state index in [0.29, 0.717) is 36.8 Å². The van der Waals surface area contributed by atoms with Gasteiger partial charge in [0.25, 0.3) is 0 Å². The van der Waals surface area contributed by atoms with Crippen molar-refractivity contribution in [1.29, 1.82) is 0 Å². The van der Waals surface area contributed by atoms with Gasteiger partial charge in [-0.3, -0.25) is 9.59 Å². The van der Waals surface area contributed by atoms with Crippen LogP contribution in [0.3, 0.4) is 0 Å². The van der Waals surface area contributed by atoms with Crippen LogP contribution in [0.2, 0.25) is 0 Å². The van der Waals surface area contributed by atoms with Crippen LogP contribution in [0.5, 0.6) is 0 Å². The van der Waals surface area contributed by atoms with Crippen molar-refractivity contribution in [3.63, 3.8) is 0 Å². The van der Waals surface area contributed by atoms with Gasteiger partial charge in [-0.25, -0.2) is 9.59 Å². The van der Waals surface area contributed by atoms with Crippen LogP contribution in [-0.4, -0.2) is 50.3 Å². The van der Waals surface area contributed by atoms with Crippen molar-refractivity contribution in [2.75, 3.05) is 26.4 Å². The van der Waals surface area contributed by atoms with E-state index in [0.717, 1.165) is 0 Å². The summed E-state index contributed by atoms with van der Waals surface area (Å²) in [6, 6.07) is 0. The first kappa shape index (κ1) is 24.4. The molecule has 0 aromatic carbocycles. The minimum Gasteiger partial charge on any atom is -0.465 e. The molecule has 0 fully saturated rings. The molecule has 0 saturated heterocycles. The van der Waals surface area contributed by atoms with Crippen molar-refractivity contribution in [1.82, 2.24) is 0 Å². The van der Waals surface area contributed by atoms with Crippen LogP contribution in [0.4, 0.5) is 0 Å². The van der Waals surface area contributed by atoms with E-state index in [1.165, 1.54) is 0 Å². The van der Waals surface area contributed by atoms with Gasteiger partial charge >= 0.3 is 23.9 Å². The van der Waals surface area contributed by atoms with E-state index >= 15 is 0 Å². The summed E-state index contributed by atoms with van der Waals surface area (Å²) in [5, 5.41) is 0. The molecule has 152 valence electrons. The molecule has 8 nitrogen and oxygen atoms in total. The third-order valence-corrected chi connectivity index (χ3v) is 3.06. The molecule has 0 spiro atoms. The first-order chi connectivity index (χ1) is 12.7. The van der Waals surface area contributed by atoms with Crippen molar-refractivity contribution in [2.45, 2.75) is 46.0 Å². The minimum absolute atomic E-state index is 0.130. The molecule has 27 heavy (non-hydrogen) atoms. The van der Waals surface area contributed by atoms with Gasteiger partial charge in [0.15, 0.2) is 0 Å². The molecule has 0 N–H and O–H groups in total. The topological polar surface area (TPSA) is 105 Å². The standard InChI is InChI=1S/C19H28O8/c1-14(2)18(22)26-11-7-5-9-24-16(20)13-17(21)25-10-6-8-12-27-19(23)15(3)4/h1,3,5-13H2,2,4H3. The van der Waals surface area contributed by atoms with Crippen LogP contribution >= 0.6 is 0 Å². The summed E-state index contributed by atoms with van der Waals surface area (Å²) in [5.41, 5.74) is 0.653. The second-order valence-corrected chi connectivity index (χ2v) is 5.86. The summed E-state index contributed by atoms with van der Waals surface area (Å²) in [5.74, 6) is -2.25. The molecule has 0 radical (unpaired) electrons. The van der Waals surface area contributed by atoms with Crippen LogP contribution in [0.15, 0.2) is 24.3 Å². The minimum atomic E-state index is -0.672. The van der Waals surface area contributed by atoms with Crippen LogP contribution < -0.4 is 0 Å². The van der Waals surface area contributed by atoms with Crippen LogP contribution in [0.1, 0.15) is 46.0 Å². The number of carbonyl (C=O) groups excluding carboxylic acids is 4. The van der Waals surface area contributed by atoms with E-state index in [4.69, 9.17) is 18.9 Å². The molecule has 0 unspecified atom stereocenters. The summed E-state index contributed by atoms with van der Waals surface area (Å²) in [4.78, 5) is 45.2. The highest BCUT2D eigenvalue weighted by Gasteiger charge is 2.12. The monoisotopic (exact) mass is 384 g/mol. The van der Waals surface area contributed by atoms with Crippen molar-refractivity contribution in [3.8, 4) is 0 Å². The number of hydrogen-bond acceptors (Lipinski definition) is 8. The predicted molar refractivity (Wildman–Crippen MR) is 96.5 cm³/mol. The predicted octanol–water partition coefficient (Wildman–Crippen LogP) is 2.26. The Labute approximate surface area is 159 Å². The van der Waals surface area contributed by atoms with Gasteiger partial charge in [-0.05, 0) is 39.5 Å². The number of carbonyl (C=O) groups is 4. The fourth-order valence-electron chi connectivity index (χ4n) is 1.58. The zero-order valence-electron chi connectivity index (χ0n) is 16.0. The molecule has 0 aliphatic heterocycles. The largest absolute Gasteiger partial charge is 0.465 e. The lowest BCUT2D eigenvalue weighted by Gasteiger charge is -2.07. The number of rotatable bonds is 14. The Morgan fingerprint density at radius 3 is 1.19 bits per heavy atom. The normalized spacial score (nSPS) is 9.85. The molecule has 0 saturated carbocycles. The lowest BCUT2D eigenvalue weighted by molar-refractivity contribution is -0.155. The molecule has 0 amide bonds. The summed E-state index contributed by atoms with van der Waals surface area (Å²) in [7, 11) is 0. The SMILES string of the molecule is C=C(C)C(=O)OCCCCOC(=O)CC(=O)OCCCCOC(=O)C(=C)C. The Hall–Kier alpha value is -2.64. The molecule has 0 heterocycles. The zero-order valence-corrected chi connectivity index (χ0v) is 16.0.